The third-order valence-electron chi connectivity index (χ3n) is 2.18. The van der Waals surface area contributed by atoms with Gasteiger partial charge >= 0.3 is 7.12 Å². The Morgan fingerprint density at radius 3 is 2.33 bits per heavy atom. The Kier molecular flexibility index (Phi) is 2.53. The van der Waals surface area contributed by atoms with E-state index in [2.05, 4.69) is 10.2 Å². The van der Waals surface area contributed by atoms with Crippen LogP contribution in [0.2, 0.25) is 0 Å². The van der Waals surface area contributed by atoms with Gasteiger partial charge in [-0.1, -0.05) is 24.3 Å². The molecule has 0 spiro atoms. The van der Waals surface area contributed by atoms with Crippen molar-refractivity contribution in [2.45, 2.75) is 0 Å². The highest BCUT2D eigenvalue weighted by Crippen LogP contribution is 2.13. The van der Waals surface area contributed by atoms with E-state index in [0.29, 0.717) is 5.46 Å². The highest BCUT2D eigenvalue weighted by atomic mass is 16.4. The zero-order chi connectivity index (χ0) is 10.8. The molecule has 0 saturated carbocycles. The number of aryl methyl sites for hydroxylation is 1. The molecule has 1 aromatic carbocycles. The molecule has 1 heterocycles. The molecule has 2 N–H and O–H groups in total. The van der Waals surface area contributed by atoms with Crippen molar-refractivity contribution >= 4 is 12.6 Å². The van der Waals surface area contributed by atoms with Crippen molar-refractivity contribution in [1.29, 1.82) is 0 Å². The van der Waals surface area contributed by atoms with Crippen LogP contribution in [0.3, 0.4) is 0 Å². The molecule has 1 aromatic heterocycles. The van der Waals surface area contributed by atoms with Crippen molar-refractivity contribution < 1.29 is 10.0 Å². The molecule has 0 unspecified atom stereocenters. The molecule has 0 atom stereocenters. The molecule has 0 aliphatic rings. The number of benzene rings is 1. The first kappa shape index (κ1) is 9.88. The van der Waals surface area contributed by atoms with Crippen LogP contribution in [0.1, 0.15) is 0 Å². The van der Waals surface area contributed by atoms with Crippen molar-refractivity contribution in [1.82, 2.24) is 14.8 Å². The standard InChI is InChI=1S/C9H10BN3O2/c1-13-6-11-12-9(13)7-2-4-8(5-3-7)10(14)15/h2-6,14-15H,1H3. The van der Waals surface area contributed by atoms with Gasteiger partial charge in [0.2, 0.25) is 0 Å². The number of rotatable bonds is 2. The summed E-state index contributed by atoms with van der Waals surface area (Å²) >= 11 is 0. The maximum Gasteiger partial charge on any atom is 0.488 e. The minimum absolute atomic E-state index is 0.459. The summed E-state index contributed by atoms with van der Waals surface area (Å²) in [5.74, 6) is 0.744. The van der Waals surface area contributed by atoms with Crippen molar-refractivity contribution in [3.63, 3.8) is 0 Å². The molecule has 0 saturated heterocycles. The molecule has 0 radical (unpaired) electrons. The van der Waals surface area contributed by atoms with Gasteiger partial charge in [0.05, 0.1) is 0 Å². The van der Waals surface area contributed by atoms with Crippen molar-refractivity contribution in [2.75, 3.05) is 0 Å². The lowest BCUT2D eigenvalue weighted by molar-refractivity contribution is 0.426. The van der Waals surface area contributed by atoms with Gasteiger partial charge in [-0.3, -0.25) is 0 Å². The van der Waals surface area contributed by atoms with Crippen LogP contribution in [-0.4, -0.2) is 31.9 Å². The van der Waals surface area contributed by atoms with Gasteiger partial charge in [-0.15, -0.1) is 10.2 Å². The summed E-state index contributed by atoms with van der Waals surface area (Å²) in [6, 6.07) is 6.85. The Bertz CT molecular complexity index is 453. The highest BCUT2D eigenvalue weighted by molar-refractivity contribution is 6.58. The molecular weight excluding hydrogens is 193 g/mol. The second kappa shape index (κ2) is 3.84. The van der Waals surface area contributed by atoms with Crippen molar-refractivity contribution in [3.05, 3.63) is 30.6 Å². The third-order valence-corrected chi connectivity index (χ3v) is 2.18. The highest BCUT2D eigenvalue weighted by Gasteiger charge is 2.11. The minimum atomic E-state index is -1.43. The van der Waals surface area contributed by atoms with Gasteiger partial charge in [0.15, 0.2) is 5.82 Å². The number of nitrogens with zero attached hydrogens (tertiary/aromatic N) is 3. The van der Waals surface area contributed by atoms with Gasteiger partial charge < -0.3 is 14.6 Å². The van der Waals surface area contributed by atoms with E-state index in [1.165, 1.54) is 0 Å². The van der Waals surface area contributed by atoms with Crippen LogP contribution in [0.15, 0.2) is 30.6 Å². The summed E-state index contributed by atoms with van der Waals surface area (Å²) in [6.45, 7) is 0. The van der Waals surface area contributed by atoms with Gasteiger partial charge in [0, 0.05) is 12.6 Å². The van der Waals surface area contributed by atoms with Crippen molar-refractivity contribution in [3.8, 4) is 11.4 Å². The summed E-state index contributed by atoms with van der Waals surface area (Å²) in [7, 11) is 0.419. The summed E-state index contributed by atoms with van der Waals surface area (Å²) in [4.78, 5) is 0. The maximum absolute atomic E-state index is 8.92. The average Bonchev–Trinajstić information content (AvgIpc) is 2.65. The SMILES string of the molecule is Cn1cnnc1-c1ccc(B(O)O)cc1. The summed E-state index contributed by atoms with van der Waals surface area (Å²) < 4.78 is 1.80. The van der Waals surface area contributed by atoms with Gasteiger partial charge in [-0.25, -0.2) is 0 Å². The van der Waals surface area contributed by atoms with Crippen LogP contribution < -0.4 is 5.46 Å². The zero-order valence-electron chi connectivity index (χ0n) is 8.20. The molecule has 0 amide bonds. The first-order chi connectivity index (χ1) is 7.18. The van der Waals surface area contributed by atoms with Gasteiger partial charge in [-0.2, -0.15) is 0 Å². The van der Waals surface area contributed by atoms with E-state index >= 15 is 0 Å². The molecule has 0 fully saturated rings. The summed E-state index contributed by atoms with van der Waals surface area (Å²) in [5, 5.41) is 25.6. The molecular formula is C9H10BN3O2. The molecule has 0 aliphatic carbocycles. The molecule has 6 heteroatoms. The Balaban J connectivity index is 2.36. The van der Waals surface area contributed by atoms with E-state index < -0.39 is 7.12 Å². The van der Waals surface area contributed by atoms with Crippen molar-refractivity contribution in [2.24, 2.45) is 7.05 Å². The zero-order valence-corrected chi connectivity index (χ0v) is 8.20. The third kappa shape index (κ3) is 1.90. The van der Waals surface area contributed by atoms with E-state index in [1.807, 2.05) is 7.05 Å². The van der Waals surface area contributed by atoms with Crippen LogP contribution >= 0.6 is 0 Å². The normalized spacial score (nSPS) is 10.3. The second-order valence-electron chi connectivity index (χ2n) is 3.26. The average molecular weight is 203 g/mol. The lowest BCUT2D eigenvalue weighted by Crippen LogP contribution is -2.29. The van der Waals surface area contributed by atoms with Crippen LogP contribution in [0.5, 0.6) is 0 Å². The smallest absolute Gasteiger partial charge is 0.423 e. The molecule has 2 rings (SSSR count). The van der Waals surface area contributed by atoms with Crippen LogP contribution in [0, 0.1) is 0 Å². The second-order valence-corrected chi connectivity index (χ2v) is 3.26. The first-order valence-corrected chi connectivity index (χ1v) is 4.49. The van der Waals surface area contributed by atoms with E-state index in [0.717, 1.165) is 11.4 Å². The first-order valence-electron chi connectivity index (χ1n) is 4.49. The molecule has 76 valence electrons. The molecule has 5 nitrogen and oxygen atoms in total. The molecule has 2 aromatic rings. The monoisotopic (exact) mass is 203 g/mol. The van der Waals surface area contributed by atoms with Crippen LogP contribution in [0.25, 0.3) is 11.4 Å². The number of aromatic nitrogens is 3. The largest absolute Gasteiger partial charge is 0.488 e. The van der Waals surface area contributed by atoms with E-state index in [4.69, 9.17) is 10.0 Å². The predicted molar refractivity (Wildman–Crippen MR) is 56.3 cm³/mol. The lowest BCUT2D eigenvalue weighted by atomic mass is 9.80. The Morgan fingerprint density at radius 2 is 1.87 bits per heavy atom. The maximum atomic E-state index is 8.92. The van der Waals surface area contributed by atoms with E-state index in [-0.39, 0.29) is 0 Å². The van der Waals surface area contributed by atoms with Crippen LogP contribution in [-0.2, 0) is 7.05 Å². The van der Waals surface area contributed by atoms with Gasteiger partial charge in [0.1, 0.15) is 6.33 Å². The minimum Gasteiger partial charge on any atom is -0.423 e. The molecule has 15 heavy (non-hydrogen) atoms. The Hall–Kier alpha value is -1.66. The fourth-order valence-electron chi connectivity index (χ4n) is 1.35. The number of hydrogen-bond acceptors (Lipinski definition) is 4. The molecule has 0 bridgehead atoms. The topological polar surface area (TPSA) is 71.2 Å². The van der Waals surface area contributed by atoms with E-state index in [9.17, 15) is 0 Å². The fourth-order valence-corrected chi connectivity index (χ4v) is 1.35. The van der Waals surface area contributed by atoms with Gasteiger partial charge in [0.25, 0.3) is 0 Å². The lowest BCUT2D eigenvalue weighted by Gasteiger charge is -2.02. The van der Waals surface area contributed by atoms with Crippen LogP contribution in [0.4, 0.5) is 0 Å². The summed E-state index contributed by atoms with van der Waals surface area (Å²) in [5.41, 5.74) is 1.35. The Morgan fingerprint density at radius 1 is 1.20 bits per heavy atom. The van der Waals surface area contributed by atoms with E-state index in [1.54, 1.807) is 35.2 Å². The summed E-state index contributed by atoms with van der Waals surface area (Å²) in [6.07, 6.45) is 1.62. The predicted octanol–water partition coefficient (Wildman–Crippen LogP) is -0.838. The molecule has 0 aliphatic heterocycles. The number of hydrogen-bond donors (Lipinski definition) is 2. The Labute approximate surface area is 87.2 Å². The fraction of sp³-hybridized carbons (Fsp3) is 0.111. The van der Waals surface area contributed by atoms with Gasteiger partial charge in [-0.05, 0) is 5.46 Å². The quantitative estimate of drug-likeness (QED) is 0.624.